The molecule has 0 spiro atoms. The SMILES string of the molecule is Cc1noc(C)c1CCCNC(=O)c1ccc(-c2ccc3c(c2)OCO3)nc1. The van der Waals surface area contributed by atoms with Crippen LogP contribution < -0.4 is 14.8 Å². The van der Waals surface area contributed by atoms with Crippen LogP contribution in [0.1, 0.15) is 33.8 Å². The summed E-state index contributed by atoms with van der Waals surface area (Å²) >= 11 is 0. The van der Waals surface area contributed by atoms with Gasteiger partial charge in [0, 0.05) is 23.9 Å². The van der Waals surface area contributed by atoms with Gasteiger partial charge in [0.15, 0.2) is 11.5 Å². The third kappa shape index (κ3) is 3.69. The number of fused-ring (bicyclic) bond motifs is 1. The number of carbonyl (C=O) groups is 1. The maximum absolute atomic E-state index is 12.3. The Morgan fingerprint density at radius 3 is 2.75 bits per heavy atom. The summed E-state index contributed by atoms with van der Waals surface area (Å²) in [5.41, 5.74) is 4.24. The molecule has 1 aromatic carbocycles. The lowest BCUT2D eigenvalue weighted by atomic mass is 10.1. The molecule has 0 bridgehead atoms. The second-order valence-corrected chi connectivity index (χ2v) is 6.66. The molecule has 0 atom stereocenters. The number of pyridine rings is 1. The first kappa shape index (κ1) is 18.0. The molecule has 4 rings (SSSR count). The molecule has 0 fully saturated rings. The monoisotopic (exact) mass is 379 g/mol. The Morgan fingerprint density at radius 1 is 1.14 bits per heavy atom. The first-order valence-corrected chi connectivity index (χ1v) is 9.18. The molecule has 0 radical (unpaired) electrons. The van der Waals surface area contributed by atoms with Crippen LogP contribution in [0.2, 0.25) is 0 Å². The Hall–Kier alpha value is -3.35. The van der Waals surface area contributed by atoms with Gasteiger partial charge >= 0.3 is 0 Å². The molecule has 28 heavy (non-hydrogen) atoms. The molecule has 1 aliphatic rings. The predicted octanol–water partition coefficient (Wildman–Crippen LogP) is 3.44. The van der Waals surface area contributed by atoms with E-state index in [9.17, 15) is 4.79 Å². The molecule has 1 amide bonds. The van der Waals surface area contributed by atoms with Crippen molar-refractivity contribution in [3.8, 4) is 22.8 Å². The summed E-state index contributed by atoms with van der Waals surface area (Å²) in [5.74, 6) is 2.14. The lowest BCUT2D eigenvalue weighted by Crippen LogP contribution is -2.24. The fourth-order valence-corrected chi connectivity index (χ4v) is 3.18. The largest absolute Gasteiger partial charge is 0.454 e. The number of hydrogen-bond donors (Lipinski definition) is 1. The molecule has 7 heteroatoms. The number of rotatable bonds is 6. The maximum Gasteiger partial charge on any atom is 0.252 e. The third-order valence-electron chi connectivity index (χ3n) is 4.76. The van der Waals surface area contributed by atoms with Gasteiger partial charge in [-0.3, -0.25) is 9.78 Å². The third-order valence-corrected chi connectivity index (χ3v) is 4.76. The zero-order valence-corrected chi connectivity index (χ0v) is 15.8. The zero-order valence-electron chi connectivity index (χ0n) is 15.8. The fourth-order valence-electron chi connectivity index (χ4n) is 3.18. The molecule has 2 aromatic heterocycles. The molecule has 3 heterocycles. The van der Waals surface area contributed by atoms with Gasteiger partial charge < -0.3 is 19.3 Å². The van der Waals surface area contributed by atoms with Crippen LogP contribution in [-0.4, -0.2) is 29.4 Å². The molecule has 0 aliphatic carbocycles. The molecule has 1 aliphatic heterocycles. The van der Waals surface area contributed by atoms with E-state index in [0.717, 1.165) is 46.9 Å². The van der Waals surface area contributed by atoms with Gasteiger partial charge in [0.05, 0.1) is 17.0 Å². The number of ether oxygens (including phenoxy) is 2. The molecule has 1 N–H and O–H groups in total. The highest BCUT2D eigenvalue weighted by Gasteiger charge is 2.15. The maximum atomic E-state index is 12.3. The normalized spacial score (nSPS) is 12.2. The van der Waals surface area contributed by atoms with Gasteiger partial charge in [-0.1, -0.05) is 5.16 Å². The minimum Gasteiger partial charge on any atom is -0.454 e. The van der Waals surface area contributed by atoms with E-state index in [2.05, 4.69) is 15.5 Å². The smallest absolute Gasteiger partial charge is 0.252 e. The van der Waals surface area contributed by atoms with E-state index in [4.69, 9.17) is 14.0 Å². The van der Waals surface area contributed by atoms with Crippen LogP contribution in [0, 0.1) is 13.8 Å². The van der Waals surface area contributed by atoms with Crippen molar-refractivity contribution in [3.05, 3.63) is 59.1 Å². The van der Waals surface area contributed by atoms with E-state index in [1.165, 1.54) is 0 Å². The second kappa shape index (κ2) is 7.72. The van der Waals surface area contributed by atoms with Gasteiger partial charge in [-0.05, 0) is 57.0 Å². The number of benzene rings is 1. The molecular formula is C21H21N3O4. The van der Waals surface area contributed by atoms with Gasteiger partial charge in [-0.2, -0.15) is 0 Å². The predicted molar refractivity (Wildman–Crippen MR) is 102 cm³/mol. The van der Waals surface area contributed by atoms with Crippen LogP contribution >= 0.6 is 0 Å². The van der Waals surface area contributed by atoms with E-state index in [0.29, 0.717) is 17.9 Å². The Bertz CT molecular complexity index is 976. The Kier molecular flexibility index (Phi) is 4.97. The zero-order chi connectivity index (χ0) is 19.5. The van der Waals surface area contributed by atoms with E-state index in [1.807, 2.05) is 38.1 Å². The number of carbonyl (C=O) groups excluding carboxylic acids is 1. The van der Waals surface area contributed by atoms with E-state index >= 15 is 0 Å². The van der Waals surface area contributed by atoms with Crippen molar-refractivity contribution < 1.29 is 18.8 Å². The summed E-state index contributed by atoms with van der Waals surface area (Å²) in [7, 11) is 0. The van der Waals surface area contributed by atoms with Crippen molar-refractivity contribution in [3.63, 3.8) is 0 Å². The van der Waals surface area contributed by atoms with E-state index in [1.54, 1.807) is 12.3 Å². The highest BCUT2D eigenvalue weighted by Crippen LogP contribution is 2.35. The number of amides is 1. The van der Waals surface area contributed by atoms with Crippen molar-refractivity contribution >= 4 is 5.91 Å². The summed E-state index contributed by atoms with van der Waals surface area (Å²) in [4.78, 5) is 16.7. The molecule has 0 saturated carbocycles. The highest BCUT2D eigenvalue weighted by atomic mass is 16.7. The number of nitrogens with zero attached hydrogens (tertiary/aromatic N) is 2. The topological polar surface area (TPSA) is 86.5 Å². The fraction of sp³-hybridized carbons (Fsp3) is 0.286. The van der Waals surface area contributed by atoms with Crippen molar-refractivity contribution in [1.82, 2.24) is 15.5 Å². The van der Waals surface area contributed by atoms with Gasteiger partial charge in [0.1, 0.15) is 5.76 Å². The van der Waals surface area contributed by atoms with Gasteiger partial charge in [-0.15, -0.1) is 0 Å². The van der Waals surface area contributed by atoms with Crippen molar-refractivity contribution in [2.24, 2.45) is 0 Å². The number of hydrogen-bond acceptors (Lipinski definition) is 6. The molecule has 3 aromatic rings. The van der Waals surface area contributed by atoms with Crippen molar-refractivity contribution in [2.45, 2.75) is 26.7 Å². The first-order chi connectivity index (χ1) is 13.6. The van der Waals surface area contributed by atoms with E-state index in [-0.39, 0.29) is 12.7 Å². The van der Waals surface area contributed by atoms with Crippen LogP contribution in [0.4, 0.5) is 0 Å². The molecular weight excluding hydrogens is 358 g/mol. The standard InChI is InChI=1S/C21H21N3O4/c1-13-17(14(2)28-24-13)4-3-9-22-21(25)16-5-7-18(23-11-16)15-6-8-19-20(10-15)27-12-26-19/h5-8,10-11H,3-4,9,12H2,1-2H3,(H,22,25). The van der Waals surface area contributed by atoms with Crippen molar-refractivity contribution in [2.75, 3.05) is 13.3 Å². The van der Waals surface area contributed by atoms with Gasteiger partial charge in [0.2, 0.25) is 6.79 Å². The summed E-state index contributed by atoms with van der Waals surface area (Å²) in [6, 6.07) is 9.27. The van der Waals surface area contributed by atoms with Crippen LogP contribution in [0.3, 0.4) is 0 Å². The Morgan fingerprint density at radius 2 is 2.00 bits per heavy atom. The van der Waals surface area contributed by atoms with E-state index < -0.39 is 0 Å². The minimum absolute atomic E-state index is 0.136. The average molecular weight is 379 g/mol. The van der Waals surface area contributed by atoms with Crippen LogP contribution in [-0.2, 0) is 6.42 Å². The number of nitrogens with one attached hydrogen (secondary N) is 1. The molecule has 7 nitrogen and oxygen atoms in total. The number of aromatic nitrogens is 2. The Labute approximate surface area is 162 Å². The second-order valence-electron chi connectivity index (χ2n) is 6.66. The quantitative estimate of drug-likeness (QED) is 0.660. The first-order valence-electron chi connectivity index (χ1n) is 9.18. The summed E-state index contributed by atoms with van der Waals surface area (Å²) in [6.07, 6.45) is 3.23. The van der Waals surface area contributed by atoms with Gasteiger partial charge in [-0.25, -0.2) is 0 Å². The molecule has 144 valence electrons. The van der Waals surface area contributed by atoms with Crippen LogP contribution in [0.25, 0.3) is 11.3 Å². The van der Waals surface area contributed by atoms with Crippen LogP contribution in [0.15, 0.2) is 41.1 Å². The number of aryl methyl sites for hydroxylation is 2. The lowest BCUT2D eigenvalue weighted by molar-refractivity contribution is 0.0953. The minimum atomic E-state index is -0.136. The Balaban J connectivity index is 1.33. The summed E-state index contributed by atoms with van der Waals surface area (Å²) in [6.45, 7) is 4.65. The lowest BCUT2D eigenvalue weighted by Gasteiger charge is -2.07. The van der Waals surface area contributed by atoms with Gasteiger partial charge in [0.25, 0.3) is 5.91 Å². The molecule has 0 saturated heterocycles. The van der Waals surface area contributed by atoms with Crippen LogP contribution in [0.5, 0.6) is 11.5 Å². The summed E-state index contributed by atoms with van der Waals surface area (Å²) in [5, 5.41) is 6.87. The molecule has 0 unspecified atom stereocenters. The average Bonchev–Trinajstić information content (AvgIpc) is 3.31. The highest BCUT2D eigenvalue weighted by molar-refractivity contribution is 5.94. The van der Waals surface area contributed by atoms with Crippen molar-refractivity contribution in [1.29, 1.82) is 0 Å². The summed E-state index contributed by atoms with van der Waals surface area (Å²) < 4.78 is 15.9.